The van der Waals surface area contributed by atoms with Gasteiger partial charge in [-0.15, -0.1) is 0 Å². The van der Waals surface area contributed by atoms with Gasteiger partial charge in [-0.05, 0) is 0 Å². The zero-order valence-electron chi connectivity index (χ0n) is 5.39. The maximum Gasteiger partial charge on any atom is 0.200 e. The van der Waals surface area contributed by atoms with Gasteiger partial charge in [0.25, 0.3) is 0 Å². The molecule has 0 aliphatic carbocycles. The summed E-state index contributed by atoms with van der Waals surface area (Å²) in [5.41, 5.74) is 0. The largest absolute Gasteiger partial charge is 0.291 e. The number of hydrogen-bond acceptors (Lipinski definition) is 2. The number of Topliss-reactive ketones (excluding diaryl/α,β-unsaturated/α-hetero) is 2. The van der Waals surface area contributed by atoms with Gasteiger partial charge in [0.05, 0.1) is 0 Å². The van der Waals surface area contributed by atoms with Crippen molar-refractivity contribution in [2.45, 2.75) is 20.8 Å². The van der Waals surface area contributed by atoms with E-state index >= 15 is 0 Å². The molecule has 0 rings (SSSR count). The molecular formula is C6H10O2. The molecule has 0 N–H and O–H groups in total. The maximum absolute atomic E-state index is 10.5. The van der Waals surface area contributed by atoms with Gasteiger partial charge >= 0.3 is 0 Å². The predicted molar refractivity (Wildman–Crippen MR) is 30.5 cm³/mol. The van der Waals surface area contributed by atoms with Crippen molar-refractivity contribution in [3.05, 3.63) is 0 Å². The molecular weight excluding hydrogens is 104 g/mol. The van der Waals surface area contributed by atoms with Crippen molar-refractivity contribution in [3.8, 4) is 0 Å². The third-order valence-electron chi connectivity index (χ3n) is 0.871. The van der Waals surface area contributed by atoms with Crippen molar-refractivity contribution in [1.82, 2.24) is 0 Å². The summed E-state index contributed by atoms with van der Waals surface area (Å²) in [6, 6.07) is 0. The average molecular weight is 114 g/mol. The van der Waals surface area contributed by atoms with E-state index < -0.39 is 0 Å². The summed E-state index contributed by atoms with van der Waals surface area (Å²) >= 11 is 0. The molecule has 0 aliphatic heterocycles. The van der Waals surface area contributed by atoms with Crippen LogP contribution in [0.5, 0.6) is 0 Å². The van der Waals surface area contributed by atoms with Crippen LogP contribution in [0.1, 0.15) is 20.8 Å². The van der Waals surface area contributed by atoms with Gasteiger partial charge in [-0.25, -0.2) is 0 Å². The Balaban J connectivity index is 3.84. The van der Waals surface area contributed by atoms with Gasteiger partial charge in [0, 0.05) is 12.8 Å². The highest BCUT2D eigenvalue weighted by molar-refractivity contribution is 6.36. The first-order chi connectivity index (χ1) is 3.55. The van der Waals surface area contributed by atoms with Gasteiger partial charge in [0.2, 0.25) is 5.78 Å². The zero-order valence-corrected chi connectivity index (χ0v) is 5.39. The van der Waals surface area contributed by atoms with E-state index in [0.717, 1.165) is 0 Å². The molecule has 0 amide bonds. The van der Waals surface area contributed by atoms with Crippen LogP contribution in [0.25, 0.3) is 0 Å². The quantitative estimate of drug-likeness (QED) is 0.497. The predicted octanol–water partition coefficient (Wildman–Crippen LogP) is 0.800. The number of carbonyl (C=O) groups is 2. The second-order valence-electron chi connectivity index (χ2n) is 2.08. The summed E-state index contributed by atoms with van der Waals surface area (Å²) in [5, 5.41) is 0. The van der Waals surface area contributed by atoms with E-state index in [2.05, 4.69) is 0 Å². The van der Waals surface area contributed by atoms with Gasteiger partial charge in [0.15, 0.2) is 5.78 Å². The topological polar surface area (TPSA) is 34.1 Å². The molecule has 0 aromatic carbocycles. The fraction of sp³-hybridized carbons (Fsp3) is 0.667. The number of ketones is 2. The first-order valence-electron chi connectivity index (χ1n) is 2.60. The summed E-state index contributed by atoms with van der Waals surface area (Å²) in [6.07, 6.45) is 0. The van der Waals surface area contributed by atoms with Crippen molar-refractivity contribution in [3.63, 3.8) is 0 Å². The Bertz CT molecular complexity index is 114. The van der Waals surface area contributed by atoms with Crippen LogP contribution in [0.3, 0.4) is 0 Å². The summed E-state index contributed by atoms with van der Waals surface area (Å²) in [5.74, 6) is -0.780. The van der Waals surface area contributed by atoms with Gasteiger partial charge in [-0.2, -0.15) is 0 Å². The standard InChI is InChI=1S/C6H10O2/c1-4(2)6(8)5(3)7/h4H,1-3H3. The van der Waals surface area contributed by atoms with Crippen molar-refractivity contribution >= 4 is 11.6 Å². The minimum atomic E-state index is -0.347. The average Bonchev–Trinajstić information content (AvgIpc) is 1.64. The highest BCUT2D eigenvalue weighted by atomic mass is 16.2. The van der Waals surface area contributed by atoms with Crippen molar-refractivity contribution in [1.29, 1.82) is 0 Å². The van der Waals surface area contributed by atoms with Gasteiger partial charge < -0.3 is 0 Å². The van der Waals surface area contributed by atoms with E-state index in [4.69, 9.17) is 0 Å². The Morgan fingerprint density at radius 3 is 1.62 bits per heavy atom. The van der Waals surface area contributed by atoms with Crippen molar-refractivity contribution in [2.75, 3.05) is 0 Å². The highest BCUT2D eigenvalue weighted by Crippen LogP contribution is 1.93. The number of carbonyl (C=O) groups excluding carboxylic acids is 2. The Labute approximate surface area is 48.9 Å². The van der Waals surface area contributed by atoms with Gasteiger partial charge in [-0.1, -0.05) is 13.8 Å². The van der Waals surface area contributed by atoms with Crippen LogP contribution in [0.4, 0.5) is 0 Å². The normalized spacial score (nSPS) is 9.50. The molecule has 0 aromatic heterocycles. The molecule has 0 saturated carbocycles. The second kappa shape index (κ2) is 2.60. The lowest BCUT2D eigenvalue weighted by Crippen LogP contribution is -2.15. The van der Waals surface area contributed by atoms with Crippen LogP contribution in [-0.2, 0) is 9.59 Å². The Hall–Kier alpha value is -0.660. The Morgan fingerprint density at radius 2 is 1.62 bits per heavy atom. The third kappa shape index (κ3) is 1.87. The molecule has 8 heavy (non-hydrogen) atoms. The summed E-state index contributed by atoms with van der Waals surface area (Å²) < 4.78 is 0. The van der Waals surface area contributed by atoms with Crippen molar-refractivity contribution in [2.24, 2.45) is 5.92 Å². The molecule has 0 bridgehead atoms. The first kappa shape index (κ1) is 7.34. The summed E-state index contributed by atoms with van der Waals surface area (Å²) in [4.78, 5) is 20.7. The first-order valence-corrected chi connectivity index (χ1v) is 2.60. The zero-order chi connectivity index (χ0) is 6.73. The molecule has 0 fully saturated rings. The van der Waals surface area contributed by atoms with E-state index in [9.17, 15) is 9.59 Å². The fourth-order valence-electron chi connectivity index (χ4n) is 0.407. The molecule has 0 unspecified atom stereocenters. The minimum absolute atomic E-state index is 0.146. The van der Waals surface area contributed by atoms with Crippen molar-refractivity contribution < 1.29 is 9.59 Å². The number of hydrogen-bond donors (Lipinski definition) is 0. The summed E-state index contributed by atoms with van der Waals surface area (Å²) in [6.45, 7) is 4.72. The third-order valence-corrected chi connectivity index (χ3v) is 0.871. The van der Waals surface area contributed by atoms with E-state index in [0.29, 0.717) is 0 Å². The summed E-state index contributed by atoms with van der Waals surface area (Å²) in [7, 11) is 0. The lowest BCUT2D eigenvalue weighted by Gasteiger charge is -1.95. The van der Waals surface area contributed by atoms with Crippen LogP contribution < -0.4 is 0 Å². The minimum Gasteiger partial charge on any atom is -0.291 e. The van der Waals surface area contributed by atoms with E-state index in [1.54, 1.807) is 13.8 Å². The molecule has 0 saturated heterocycles. The molecule has 0 spiro atoms. The Morgan fingerprint density at radius 1 is 1.25 bits per heavy atom. The van der Waals surface area contributed by atoms with Crippen LogP contribution in [-0.4, -0.2) is 11.6 Å². The smallest absolute Gasteiger partial charge is 0.200 e. The van der Waals surface area contributed by atoms with Crippen LogP contribution in [0.2, 0.25) is 0 Å². The lowest BCUT2D eigenvalue weighted by atomic mass is 10.1. The van der Waals surface area contributed by atoms with E-state index in [1.165, 1.54) is 6.92 Å². The van der Waals surface area contributed by atoms with Crippen LogP contribution in [0.15, 0.2) is 0 Å². The molecule has 0 radical (unpaired) electrons. The SMILES string of the molecule is CC(=O)C(=O)C(C)C. The van der Waals surface area contributed by atoms with Crippen LogP contribution in [0, 0.1) is 5.92 Å². The molecule has 0 aliphatic rings. The molecule has 2 nitrogen and oxygen atoms in total. The van der Waals surface area contributed by atoms with Crippen LogP contribution >= 0.6 is 0 Å². The monoisotopic (exact) mass is 114 g/mol. The molecule has 0 atom stereocenters. The lowest BCUT2D eigenvalue weighted by molar-refractivity contribution is -0.137. The second-order valence-corrected chi connectivity index (χ2v) is 2.08. The van der Waals surface area contributed by atoms with E-state index in [-0.39, 0.29) is 17.5 Å². The highest BCUT2D eigenvalue weighted by Gasteiger charge is 2.10. The Kier molecular flexibility index (Phi) is 2.38. The maximum atomic E-state index is 10.5. The molecule has 0 heterocycles. The van der Waals surface area contributed by atoms with Gasteiger partial charge in [-0.3, -0.25) is 9.59 Å². The molecule has 2 heteroatoms. The number of rotatable bonds is 2. The molecule has 0 aromatic rings. The van der Waals surface area contributed by atoms with E-state index in [1.807, 2.05) is 0 Å². The van der Waals surface area contributed by atoms with Gasteiger partial charge in [0.1, 0.15) is 0 Å². The fourth-order valence-corrected chi connectivity index (χ4v) is 0.407. The molecule has 46 valence electrons.